The molecule has 0 spiro atoms. The van der Waals surface area contributed by atoms with Gasteiger partial charge in [0.25, 0.3) is 0 Å². The molecule has 1 atom stereocenters. The number of ether oxygens (including phenoxy) is 1. The number of pyridine rings is 2. The number of carbonyl (C=O) groups excluding carboxylic acids is 1. The van der Waals surface area contributed by atoms with E-state index >= 15 is 0 Å². The summed E-state index contributed by atoms with van der Waals surface area (Å²) in [5, 5.41) is 10.8. The zero-order valence-electron chi connectivity index (χ0n) is 18.2. The molecule has 1 aliphatic rings. The Morgan fingerprint density at radius 3 is 2.72 bits per heavy atom. The number of likely N-dealkylation sites (tertiary alicyclic amines) is 1. The Kier molecular flexibility index (Phi) is 5.58. The van der Waals surface area contributed by atoms with Crippen LogP contribution in [-0.2, 0) is 14.9 Å². The number of halogens is 1. The molecule has 1 aliphatic heterocycles. The van der Waals surface area contributed by atoms with Gasteiger partial charge >= 0.3 is 12.1 Å². The first kappa shape index (κ1) is 22.1. The first-order valence-electron chi connectivity index (χ1n) is 10.4. The average Bonchev–Trinajstić information content (AvgIpc) is 3.15. The minimum absolute atomic E-state index is 0.00726. The SMILES string of the molecule is CC(C)(C)OC(=O)N1CCC[C@](C(=O)O)(c2cccc(-c3cnc4ccc(Cl)cn34)n2)C1. The van der Waals surface area contributed by atoms with E-state index in [-0.39, 0.29) is 6.54 Å². The number of carboxylic acids is 1. The minimum Gasteiger partial charge on any atom is -0.480 e. The van der Waals surface area contributed by atoms with E-state index in [2.05, 4.69) is 4.98 Å². The highest BCUT2D eigenvalue weighted by Gasteiger charge is 2.47. The van der Waals surface area contributed by atoms with Crippen molar-refractivity contribution in [2.75, 3.05) is 13.1 Å². The van der Waals surface area contributed by atoms with Crippen LogP contribution in [0.1, 0.15) is 39.3 Å². The van der Waals surface area contributed by atoms with Crippen LogP contribution < -0.4 is 0 Å². The monoisotopic (exact) mass is 456 g/mol. The van der Waals surface area contributed by atoms with Crippen LogP contribution in [0.5, 0.6) is 0 Å². The number of rotatable bonds is 3. The lowest BCUT2D eigenvalue weighted by atomic mass is 9.76. The van der Waals surface area contributed by atoms with E-state index < -0.39 is 23.1 Å². The lowest BCUT2D eigenvalue weighted by molar-refractivity contribution is -0.146. The molecule has 3 aromatic rings. The molecule has 9 heteroatoms. The molecule has 1 saturated heterocycles. The fourth-order valence-electron chi connectivity index (χ4n) is 4.02. The van der Waals surface area contributed by atoms with Gasteiger partial charge in [0, 0.05) is 19.3 Å². The molecule has 1 amide bonds. The number of hydrogen-bond acceptors (Lipinski definition) is 5. The Morgan fingerprint density at radius 2 is 2.00 bits per heavy atom. The fourth-order valence-corrected chi connectivity index (χ4v) is 4.18. The summed E-state index contributed by atoms with van der Waals surface area (Å²) in [6.45, 7) is 5.79. The molecule has 0 bridgehead atoms. The van der Waals surface area contributed by atoms with Crippen LogP contribution in [0.4, 0.5) is 4.79 Å². The van der Waals surface area contributed by atoms with Gasteiger partial charge in [-0.15, -0.1) is 0 Å². The standard InChI is InChI=1S/C23H25ClN4O4/c1-22(2,3)32-21(31)27-11-5-10-23(14-27,20(29)30)18-7-4-6-16(26-18)17-12-25-19-9-8-15(24)13-28(17)19/h4,6-9,12-13H,5,10-11,14H2,1-3H3,(H,29,30)/t23-/m1/s1. The lowest BCUT2D eigenvalue weighted by Crippen LogP contribution is -2.53. The van der Waals surface area contributed by atoms with Crippen molar-refractivity contribution < 1.29 is 19.4 Å². The summed E-state index contributed by atoms with van der Waals surface area (Å²) in [6, 6.07) is 8.83. The number of amides is 1. The molecule has 0 radical (unpaired) electrons. The van der Waals surface area contributed by atoms with Gasteiger partial charge in [-0.05, 0) is 57.9 Å². The number of aliphatic carboxylic acids is 1. The van der Waals surface area contributed by atoms with Crippen molar-refractivity contribution >= 4 is 29.3 Å². The Balaban J connectivity index is 1.72. The zero-order chi connectivity index (χ0) is 23.1. The van der Waals surface area contributed by atoms with E-state index in [9.17, 15) is 14.7 Å². The molecule has 0 saturated carbocycles. The van der Waals surface area contributed by atoms with Crippen LogP contribution in [0.25, 0.3) is 17.0 Å². The Bertz CT molecular complexity index is 1190. The number of hydrogen-bond donors (Lipinski definition) is 1. The summed E-state index contributed by atoms with van der Waals surface area (Å²) in [7, 11) is 0. The summed E-state index contributed by atoms with van der Waals surface area (Å²) in [5.74, 6) is -1.02. The topological polar surface area (TPSA) is 97.0 Å². The number of piperidine rings is 1. The van der Waals surface area contributed by atoms with Crippen LogP contribution in [0.2, 0.25) is 5.02 Å². The number of carboxylic acid groups (broad SMARTS) is 1. The van der Waals surface area contributed by atoms with Gasteiger partial charge in [-0.25, -0.2) is 14.8 Å². The highest BCUT2D eigenvalue weighted by Crippen LogP contribution is 2.35. The van der Waals surface area contributed by atoms with Gasteiger partial charge in [-0.2, -0.15) is 0 Å². The second-order valence-electron chi connectivity index (χ2n) is 9.02. The maximum absolute atomic E-state index is 12.7. The summed E-state index contributed by atoms with van der Waals surface area (Å²) in [6.07, 6.45) is 3.81. The van der Waals surface area contributed by atoms with Crippen LogP contribution in [0.3, 0.4) is 0 Å². The largest absolute Gasteiger partial charge is 0.480 e. The molecule has 168 valence electrons. The van der Waals surface area contributed by atoms with Crippen LogP contribution in [-0.4, -0.2) is 55.1 Å². The van der Waals surface area contributed by atoms with E-state index in [0.717, 1.165) is 0 Å². The third kappa shape index (κ3) is 4.14. The van der Waals surface area contributed by atoms with E-state index in [1.54, 1.807) is 63.5 Å². The number of carbonyl (C=O) groups is 2. The third-order valence-corrected chi connectivity index (χ3v) is 5.75. The van der Waals surface area contributed by atoms with Gasteiger partial charge in [-0.1, -0.05) is 17.7 Å². The summed E-state index contributed by atoms with van der Waals surface area (Å²) < 4.78 is 7.29. The van der Waals surface area contributed by atoms with Crippen molar-refractivity contribution in [3.05, 3.63) is 53.4 Å². The van der Waals surface area contributed by atoms with Crippen molar-refractivity contribution in [1.82, 2.24) is 19.3 Å². The molecular formula is C23H25ClN4O4. The van der Waals surface area contributed by atoms with E-state index in [1.807, 2.05) is 4.40 Å². The van der Waals surface area contributed by atoms with Crippen molar-refractivity contribution in [3.8, 4) is 11.4 Å². The quantitative estimate of drug-likeness (QED) is 0.627. The maximum atomic E-state index is 12.7. The van der Waals surface area contributed by atoms with Crippen LogP contribution in [0.15, 0.2) is 42.7 Å². The van der Waals surface area contributed by atoms with Crippen molar-refractivity contribution in [2.45, 2.75) is 44.6 Å². The average molecular weight is 457 g/mol. The van der Waals surface area contributed by atoms with Crippen LogP contribution >= 0.6 is 11.6 Å². The molecule has 8 nitrogen and oxygen atoms in total. The third-order valence-electron chi connectivity index (χ3n) is 5.52. The molecule has 3 aromatic heterocycles. The Morgan fingerprint density at radius 1 is 1.22 bits per heavy atom. The minimum atomic E-state index is -1.33. The highest BCUT2D eigenvalue weighted by molar-refractivity contribution is 6.30. The molecule has 4 heterocycles. The molecule has 0 aromatic carbocycles. The lowest BCUT2D eigenvalue weighted by Gasteiger charge is -2.39. The van der Waals surface area contributed by atoms with Gasteiger partial charge in [0.1, 0.15) is 16.7 Å². The second kappa shape index (κ2) is 8.09. The molecule has 1 N–H and O–H groups in total. The summed E-state index contributed by atoms with van der Waals surface area (Å²) >= 11 is 6.15. The number of nitrogens with zero attached hydrogens (tertiary/aromatic N) is 4. The van der Waals surface area contributed by atoms with Crippen molar-refractivity contribution in [2.24, 2.45) is 0 Å². The molecule has 1 fully saturated rings. The summed E-state index contributed by atoms with van der Waals surface area (Å²) in [5.41, 5.74) is 0.384. The van der Waals surface area contributed by atoms with E-state index in [4.69, 9.17) is 21.3 Å². The number of imidazole rings is 1. The summed E-state index contributed by atoms with van der Waals surface area (Å²) in [4.78, 5) is 35.7. The predicted octanol–water partition coefficient (Wildman–Crippen LogP) is 4.40. The number of fused-ring (bicyclic) bond motifs is 1. The zero-order valence-corrected chi connectivity index (χ0v) is 19.0. The molecule has 32 heavy (non-hydrogen) atoms. The highest BCUT2D eigenvalue weighted by atomic mass is 35.5. The normalized spacial score (nSPS) is 19.2. The maximum Gasteiger partial charge on any atom is 0.410 e. The van der Waals surface area contributed by atoms with Gasteiger partial charge < -0.3 is 14.7 Å². The van der Waals surface area contributed by atoms with E-state index in [0.29, 0.717) is 47.1 Å². The first-order valence-corrected chi connectivity index (χ1v) is 10.8. The van der Waals surface area contributed by atoms with E-state index in [1.165, 1.54) is 4.90 Å². The first-order chi connectivity index (χ1) is 15.1. The Hall–Kier alpha value is -3.13. The fraction of sp³-hybridized carbons (Fsp3) is 0.391. The molecule has 0 unspecified atom stereocenters. The van der Waals surface area contributed by atoms with Gasteiger partial charge in [0.2, 0.25) is 0 Å². The second-order valence-corrected chi connectivity index (χ2v) is 9.46. The number of aromatic nitrogens is 3. The van der Waals surface area contributed by atoms with Gasteiger partial charge in [0.15, 0.2) is 0 Å². The van der Waals surface area contributed by atoms with Crippen LogP contribution in [0, 0.1) is 0 Å². The Labute approximate surface area is 190 Å². The van der Waals surface area contributed by atoms with Gasteiger partial charge in [0.05, 0.1) is 28.3 Å². The van der Waals surface area contributed by atoms with Crippen molar-refractivity contribution in [1.29, 1.82) is 0 Å². The molecule has 0 aliphatic carbocycles. The molecule has 4 rings (SSSR count). The molecular weight excluding hydrogens is 432 g/mol. The predicted molar refractivity (Wildman–Crippen MR) is 120 cm³/mol. The van der Waals surface area contributed by atoms with Gasteiger partial charge in [-0.3, -0.25) is 9.20 Å². The smallest absolute Gasteiger partial charge is 0.410 e. The van der Waals surface area contributed by atoms with Crippen molar-refractivity contribution in [3.63, 3.8) is 0 Å².